The molecular formula is C19H26N6O. The molecule has 0 radical (unpaired) electrons. The van der Waals surface area contributed by atoms with Gasteiger partial charge in [-0.2, -0.15) is 0 Å². The van der Waals surface area contributed by atoms with Gasteiger partial charge in [-0.25, -0.2) is 9.97 Å². The minimum absolute atomic E-state index is 0.656. The Morgan fingerprint density at radius 3 is 2.73 bits per heavy atom. The first kappa shape index (κ1) is 16.2. The Labute approximate surface area is 154 Å². The van der Waals surface area contributed by atoms with Gasteiger partial charge in [-0.1, -0.05) is 6.07 Å². The highest BCUT2D eigenvalue weighted by molar-refractivity contribution is 5.38. The van der Waals surface area contributed by atoms with Crippen LogP contribution in [0.1, 0.15) is 11.5 Å². The summed E-state index contributed by atoms with van der Waals surface area (Å²) in [5.74, 6) is 2.19. The van der Waals surface area contributed by atoms with Crippen molar-refractivity contribution in [2.75, 3.05) is 50.8 Å². The molecule has 2 fully saturated rings. The van der Waals surface area contributed by atoms with Gasteiger partial charge in [-0.05, 0) is 12.1 Å². The molecule has 0 N–H and O–H groups in total. The molecule has 0 aliphatic carbocycles. The summed E-state index contributed by atoms with van der Waals surface area (Å²) in [5, 5.41) is 0. The summed E-state index contributed by atoms with van der Waals surface area (Å²) < 4.78 is 7.82. The van der Waals surface area contributed by atoms with Crippen LogP contribution in [0, 0.1) is 0 Å². The first-order valence-corrected chi connectivity index (χ1v) is 9.60. The Morgan fingerprint density at radius 2 is 1.92 bits per heavy atom. The van der Waals surface area contributed by atoms with Gasteiger partial charge in [0.2, 0.25) is 0 Å². The van der Waals surface area contributed by atoms with Crippen molar-refractivity contribution in [3.63, 3.8) is 0 Å². The van der Waals surface area contributed by atoms with Crippen molar-refractivity contribution in [1.29, 1.82) is 0 Å². The fraction of sp³-hybridized carbons (Fsp3) is 0.579. The number of fused-ring (bicyclic) bond motifs is 1. The number of hydrogen-bond donors (Lipinski definition) is 0. The normalized spacial score (nSPS) is 22.2. The Bertz CT molecular complexity index is 734. The molecule has 5 rings (SSSR count). The summed E-state index contributed by atoms with van der Waals surface area (Å²) in [5.41, 5.74) is 1.33. The van der Waals surface area contributed by atoms with Crippen molar-refractivity contribution < 1.29 is 4.74 Å². The predicted molar refractivity (Wildman–Crippen MR) is 99.0 cm³/mol. The minimum Gasteiger partial charge on any atom is -0.372 e. The number of likely N-dealkylation sites (tertiary alicyclic amines) is 1. The summed E-state index contributed by atoms with van der Waals surface area (Å²) in [6, 6.07) is 6.86. The lowest BCUT2D eigenvalue weighted by atomic mass is 10.1. The third-order valence-corrected chi connectivity index (χ3v) is 5.84. The van der Waals surface area contributed by atoms with Crippen LogP contribution < -0.4 is 4.90 Å². The number of imidazole rings is 1. The van der Waals surface area contributed by atoms with Gasteiger partial charge >= 0.3 is 0 Å². The number of anilines is 1. The lowest BCUT2D eigenvalue weighted by Crippen LogP contribution is -2.62. The highest BCUT2D eigenvalue weighted by Gasteiger charge is 2.34. The van der Waals surface area contributed by atoms with Gasteiger partial charge in [0, 0.05) is 70.8 Å². The van der Waals surface area contributed by atoms with Gasteiger partial charge in [-0.3, -0.25) is 9.80 Å². The maximum Gasteiger partial charge on any atom is 0.135 e. The summed E-state index contributed by atoms with van der Waals surface area (Å²) in [6.45, 7) is 10.2. The van der Waals surface area contributed by atoms with Gasteiger partial charge < -0.3 is 14.2 Å². The van der Waals surface area contributed by atoms with Crippen LogP contribution in [0.2, 0.25) is 0 Å². The summed E-state index contributed by atoms with van der Waals surface area (Å²) in [6.07, 6.45) is 3.91. The molecule has 0 saturated carbocycles. The smallest absolute Gasteiger partial charge is 0.135 e. The highest BCUT2D eigenvalue weighted by atomic mass is 16.5. The maximum absolute atomic E-state index is 5.48. The molecule has 5 heterocycles. The zero-order valence-corrected chi connectivity index (χ0v) is 15.1. The molecule has 26 heavy (non-hydrogen) atoms. The van der Waals surface area contributed by atoms with Gasteiger partial charge in [0.1, 0.15) is 18.2 Å². The Kier molecular flexibility index (Phi) is 4.36. The van der Waals surface area contributed by atoms with Crippen molar-refractivity contribution in [1.82, 2.24) is 24.3 Å². The molecule has 3 aliphatic heterocycles. The lowest BCUT2D eigenvalue weighted by Gasteiger charge is -2.48. The van der Waals surface area contributed by atoms with E-state index >= 15 is 0 Å². The molecule has 2 aromatic rings. The first-order chi connectivity index (χ1) is 12.9. The molecule has 0 unspecified atom stereocenters. The topological polar surface area (TPSA) is 49.7 Å². The van der Waals surface area contributed by atoms with Crippen molar-refractivity contribution in [2.45, 2.75) is 25.7 Å². The van der Waals surface area contributed by atoms with E-state index in [0.29, 0.717) is 12.6 Å². The molecule has 0 bridgehead atoms. The van der Waals surface area contributed by atoms with Crippen molar-refractivity contribution in [3.05, 3.63) is 42.1 Å². The van der Waals surface area contributed by atoms with E-state index in [4.69, 9.17) is 4.74 Å². The Morgan fingerprint density at radius 1 is 1.04 bits per heavy atom. The van der Waals surface area contributed by atoms with Crippen molar-refractivity contribution in [2.24, 2.45) is 0 Å². The standard InChI is InChI=1S/C19H26N6O/c1-2-4-20-18(3-1)24-7-5-23(6-8-24)17-13-22(14-17)12-16-11-21-19-15-26-10-9-25(16)19/h1-4,11,17H,5-10,12-15H2. The Balaban J connectivity index is 1.11. The largest absolute Gasteiger partial charge is 0.372 e. The second-order valence-electron chi connectivity index (χ2n) is 7.43. The number of ether oxygens (including phenoxy) is 1. The average molecular weight is 354 g/mol. The maximum atomic E-state index is 5.48. The van der Waals surface area contributed by atoms with E-state index in [2.05, 4.69) is 41.4 Å². The van der Waals surface area contributed by atoms with E-state index in [-0.39, 0.29) is 0 Å². The number of piperazine rings is 1. The van der Waals surface area contributed by atoms with Gasteiger partial charge in [0.15, 0.2) is 0 Å². The number of pyridine rings is 1. The van der Waals surface area contributed by atoms with Gasteiger partial charge in [0.25, 0.3) is 0 Å². The molecule has 0 aromatic carbocycles. The van der Waals surface area contributed by atoms with Crippen molar-refractivity contribution >= 4 is 5.82 Å². The first-order valence-electron chi connectivity index (χ1n) is 9.60. The monoisotopic (exact) mass is 354 g/mol. The molecule has 0 amide bonds. The summed E-state index contributed by atoms with van der Waals surface area (Å²) >= 11 is 0. The van der Waals surface area contributed by atoms with E-state index in [0.717, 1.165) is 57.5 Å². The second kappa shape index (κ2) is 6.98. The van der Waals surface area contributed by atoms with Crippen LogP contribution in [0.25, 0.3) is 0 Å². The third-order valence-electron chi connectivity index (χ3n) is 5.84. The summed E-state index contributed by atoms with van der Waals surface area (Å²) in [4.78, 5) is 16.6. The lowest BCUT2D eigenvalue weighted by molar-refractivity contribution is 0.0227. The van der Waals surface area contributed by atoms with Crippen LogP contribution in [-0.4, -0.2) is 76.3 Å². The molecule has 0 atom stereocenters. The number of aromatic nitrogens is 3. The van der Waals surface area contributed by atoms with Crippen LogP contribution >= 0.6 is 0 Å². The zero-order valence-electron chi connectivity index (χ0n) is 15.1. The molecule has 138 valence electrons. The molecular weight excluding hydrogens is 328 g/mol. The minimum atomic E-state index is 0.656. The quantitative estimate of drug-likeness (QED) is 0.810. The zero-order chi connectivity index (χ0) is 17.3. The van der Waals surface area contributed by atoms with E-state index in [1.807, 2.05) is 18.5 Å². The van der Waals surface area contributed by atoms with Crippen LogP contribution in [0.5, 0.6) is 0 Å². The van der Waals surface area contributed by atoms with Crippen LogP contribution in [0.15, 0.2) is 30.6 Å². The molecule has 2 saturated heterocycles. The SMILES string of the molecule is c1ccc(N2CCN(C3CN(Cc4cnc5n4CCOC5)C3)CC2)nc1. The average Bonchev–Trinajstić information content (AvgIpc) is 3.08. The summed E-state index contributed by atoms with van der Waals surface area (Å²) in [7, 11) is 0. The Hall–Kier alpha value is -1.96. The van der Waals surface area contributed by atoms with Gasteiger partial charge in [0.05, 0.1) is 12.3 Å². The molecule has 7 heteroatoms. The second-order valence-corrected chi connectivity index (χ2v) is 7.43. The van der Waals surface area contributed by atoms with E-state index in [9.17, 15) is 0 Å². The fourth-order valence-electron chi connectivity index (χ4n) is 4.28. The number of nitrogens with zero attached hydrogens (tertiary/aromatic N) is 6. The number of hydrogen-bond acceptors (Lipinski definition) is 6. The van der Waals surface area contributed by atoms with Crippen molar-refractivity contribution in [3.8, 4) is 0 Å². The van der Waals surface area contributed by atoms with E-state index in [1.165, 1.54) is 18.8 Å². The van der Waals surface area contributed by atoms with E-state index < -0.39 is 0 Å². The van der Waals surface area contributed by atoms with Crippen LogP contribution in [-0.2, 0) is 24.4 Å². The molecule has 0 spiro atoms. The number of rotatable bonds is 4. The predicted octanol–water partition coefficient (Wildman–Crippen LogP) is 0.815. The molecule has 2 aromatic heterocycles. The van der Waals surface area contributed by atoms with E-state index in [1.54, 1.807) is 0 Å². The molecule has 3 aliphatic rings. The highest BCUT2D eigenvalue weighted by Crippen LogP contribution is 2.22. The fourth-order valence-corrected chi connectivity index (χ4v) is 4.28. The van der Waals surface area contributed by atoms with Gasteiger partial charge in [-0.15, -0.1) is 0 Å². The third kappa shape index (κ3) is 3.11. The van der Waals surface area contributed by atoms with Crippen LogP contribution in [0.3, 0.4) is 0 Å². The van der Waals surface area contributed by atoms with Crippen LogP contribution in [0.4, 0.5) is 5.82 Å². The molecule has 7 nitrogen and oxygen atoms in total.